The molecule has 1 aliphatic rings. The lowest BCUT2D eigenvalue weighted by Gasteiger charge is -2.25. The Labute approximate surface area is 171 Å². The summed E-state index contributed by atoms with van der Waals surface area (Å²) in [7, 11) is 0. The fraction of sp³-hybridized carbons (Fsp3) is 0.292. The maximum absolute atomic E-state index is 13.0. The Balaban J connectivity index is 1.56. The summed E-state index contributed by atoms with van der Waals surface area (Å²) < 4.78 is 1.79. The third kappa shape index (κ3) is 3.86. The molecule has 148 valence electrons. The average molecular weight is 386 g/mol. The van der Waals surface area contributed by atoms with E-state index < -0.39 is 0 Å². The highest BCUT2D eigenvalue weighted by Gasteiger charge is 2.24. The number of rotatable bonds is 4. The molecular weight excluding hydrogens is 360 g/mol. The number of hydrogen-bond acceptors (Lipinski definition) is 3. The number of nitrogens with zero attached hydrogens (tertiary/aromatic N) is 4. The number of carbonyl (C=O) groups is 1. The van der Waals surface area contributed by atoms with Gasteiger partial charge in [-0.25, -0.2) is 9.67 Å². The number of hydrogen-bond donors (Lipinski definition) is 0. The van der Waals surface area contributed by atoms with E-state index in [0.717, 1.165) is 17.9 Å². The maximum atomic E-state index is 13.0. The van der Waals surface area contributed by atoms with Crippen LogP contribution in [0.4, 0.5) is 0 Å². The highest BCUT2D eigenvalue weighted by molar-refractivity contribution is 5.91. The zero-order valence-corrected chi connectivity index (χ0v) is 17.2. The van der Waals surface area contributed by atoms with Gasteiger partial charge in [0.05, 0.1) is 5.69 Å². The molecule has 1 aliphatic heterocycles. The van der Waals surface area contributed by atoms with Gasteiger partial charge in [-0.05, 0) is 42.0 Å². The van der Waals surface area contributed by atoms with Crippen LogP contribution in [0, 0.1) is 6.92 Å². The predicted octanol–water partition coefficient (Wildman–Crippen LogP) is 4.63. The van der Waals surface area contributed by atoms with Crippen LogP contribution in [0.2, 0.25) is 0 Å². The maximum Gasteiger partial charge on any atom is 0.293 e. The van der Waals surface area contributed by atoms with Crippen molar-refractivity contribution in [2.24, 2.45) is 0 Å². The number of benzene rings is 2. The first-order chi connectivity index (χ1) is 14.0. The Morgan fingerprint density at radius 2 is 1.76 bits per heavy atom. The van der Waals surface area contributed by atoms with E-state index in [1.165, 1.54) is 16.7 Å². The third-order valence-electron chi connectivity index (χ3n) is 5.39. The van der Waals surface area contributed by atoms with E-state index in [0.29, 0.717) is 19.0 Å². The molecule has 0 saturated carbocycles. The Morgan fingerprint density at radius 1 is 1.03 bits per heavy atom. The van der Waals surface area contributed by atoms with E-state index in [-0.39, 0.29) is 11.7 Å². The van der Waals surface area contributed by atoms with Crippen molar-refractivity contribution in [3.8, 4) is 5.69 Å². The smallest absolute Gasteiger partial charge is 0.293 e. The minimum absolute atomic E-state index is 0.114. The summed E-state index contributed by atoms with van der Waals surface area (Å²) in [5, 5.41) is 4.57. The molecule has 0 spiro atoms. The van der Waals surface area contributed by atoms with Gasteiger partial charge in [0.2, 0.25) is 5.82 Å². The normalized spacial score (nSPS) is 14.2. The molecule has 2 heterocycles. The molecule has 4 rings (SSSR count). The second-order valence-corrected chi connectivity index (χ2v) is 7.70. The Morgan fingerprint density at radius 3 is 2.45 bits per heavy atom. The van der Waals surface area contributed by atoms with Gasteiger partial charge >= 0.3 is 0 Å². The van der Waals surface area contributed by atoms with Gasteiger partial charge in [0.25, 0.3) is 5.91 Å². The van der Waals surface area contributed by atoms with Crippen LogP contribution in [0.5, 0.6) is 0 Å². The van der Waals surface area contributed by atoms with E-state index in [9.17, 15) is 4.79 Å². The molecule has 0 N–H and O–H groups in total. The Bertz CT molecular complexity index is 1050. The summed E-state index contributed by atoms with van der Waals surface area (Å²) in [5.41, 5.74) is 4.68. The molecule has 5 nitrogen and oxygen atoms in total. The second kappa shape index (κ2) is 8.03. The highest BCUT2D eigenvalue weighted by atomic mass is 16.2. The Kier molecular flexibility index (Phi) is 5.30. The molecule has 0 radical (unpaired) electrons. The minimum Gasteiger partial charge on any atom is -0.332 e. The molecule has 5 heteroatoms. The average Bonchev–Trinajstić information content (AvgIpc) is 3.15. The van der Waals surface area contributed by atoms with Gasteiger partial charge in [-0.1, -0.05) is 68.5 Å². The van der Waals surface area contributed by atoms with Crippen molar-refractivity contribution in [2.45, 2.75) is 33.1 Å². The SMILES string of the molecule is Cc1nc(C(=O)N2CC=C(c3ccccc3)CC2)nn1-c1ccccc1C(C)C. The van der Waals surface area contributed by atoms with E-state index >= 15 is 0 Å². The molecule has 2 aromatic carbocycles. The number of aromatic nitrogens is 3. The van der Waals surface area contributed by atoms with E-state index in [4.69, 9.17) is 0 Å². The van der Waals surface area contributed by atoms with Gasteiger partial charge in [0, 0.05) is 13.1 Å². The molecule has 0 aliphatic carbocycles. The van der Waals surface area contributed by atoms with Gasteiger partial charge < -0.3 is 4.90 Å². The summed E-state index contributed by atoms with van der Waals surface area (Å²) in [6.07, 6.45) is 2.97. The molecular formula is C24H26N4O. The first-order valence-electron chi connectivity index (χ1n) is 10.1. The molecule has 3 aromatic rings. The van der Waals surface area contributed by atoms with Crippen LogP contribution >= 0.6 is 0 Å². The first kappa shape index (κ1) is 19.1. The summed E-state index contributed by atoms with van der Waals surface area (Å²) in [6.45, 7) is 7.46. The van der Waals surface area contributed by atoms with Crippen LogP contribution in [0.15, 0.2) is 60.7 Å². The van der Waals surface area contributed by atoms with Crippen molar-refractivity contribution >= 4 is 11.5 Å². The van der Waals surface area contributed by atoms with Crippen molar-refractivity contribution < 1.29 is 4.79 Å². The second-order valence-electron chi connectivity index (χ2n) is 7.70. The third-order valence-corrected chi connectivity index (χ3v) is 5.39. The molecule has 0 unspecified atom stereocenters. The highest BCUT2D eigenvalue weighted by Crippen LogP contribution is 2.25. The van der Waals surface area contributed by atoms with Gasteiger partial charge in [-0.3, -0.25) is 4.79 Å². The largest absolute Gasteiger partial charge is 0.332 e. The van der Waals surface area contributed by atoms with Crippen molar-refractivity contribution in [2.75, 3.05) is 13.1 Å². The monoisotopic (exact) mass is 386 g/mol. The van der Waals surface area contributed by atoms with Crippen LogP contribution in [0.1, 0.15) is 53.8 Å². The molecule has 0 fully saturated rings. The summed E-state index contributed by atoms with van der Waals surface area (Å²) in [5.74, 6) is 1.23. The van der Waals surface area contributed by atoms with Crippen molar-refractivity contribution in [3.05, 3.63) is 83.4 Å². The topological polar surface area (TPSA) is 51.0 Å². The standard InChI is InChI=1S/C24H26N4O/c1-17(2)21-11-7-8-12-22(21)28-18(3)25-23(26-28)24(29)27-15-13-20(14-16-27)19-9-5-4-6-10-19/h4-13,17H,14-16H2,1-3H3. The van der Waals surface area contributed by atoms with Crippen LogP contribution in [0.3, 0.4) is 0 Å². The van der Waals surface area contributed by atoms with Gasteiger partial charge in [0.1, 0.15) is 5.82 Å². The summed E-state index contributed by atoms with van der Waals surface area (Å²) in [4.78, 5) is 19.3. The number of amides is 1. The minimum atomic E-state index is -0.114. The van der Waals surface area contributed by atoms with Crippen LogP contribution < -0.4 is 0 Å². The van der Waals surface area contributed by atoms with Crippen LogP contribution in [-0.2, 0) is 0 Å². The van der Waals surface area contributed by atoms with E-state index in [1.54, 1.807) is 4.68 Å². The number of carbonyl (C=O) groups excluding carboxylic acids is 1. The summed E-state index contributed by atoms with van der Waals surface area (Å²) in [6, 6.07) is 18.5. The van der Waals surface area contributed by atoms with Gasteiger partial charge in [-0.15, -0.1) is 5.10 Å². The molecule has 1 aromatic heterocycles. The lowest BCUT2D eigenvalue weighted by atomic mass is 9.99. The predicted molar refractivity (Wildman–Crippen MR) is 115 cm³/mol. The molecule has 0 bridgehead atoms. The fourth-order valence-corrected chi connectivity index (χ4v) is 3.79. The number of para-hydroxylation sites is 1. The van der Waals surface area contributed by atoms with Crippen LogP contribution in [-0.4, -0.2) is 38.7 Å². The van der Waals surface area contributed by atoms with Crippen molar-refractivity contribution in [3.63, 3.8) is 0 Å². The first-order valence-corrected chi connectivity index (χ1v) is 10.1. The quantitative estimate of drug-likeness (QED) is 0.657. The molecule has 29 heavy (non-hydrogen) atoms. The van der Waals surface area contributed by atoms with Gasteiger partial charge in [-0.2, -0.15) is 0 Å². The van der Waals surface area contributed by atoms with Gasteiger partial charge in [0.15, 0.2) is 0 Å². The molecule has 1 amide bonds. The summed E-state index contributed by atoms with van der Waals surface area (Å²) >= 11 is 0. The number of aryl methyl sites for hydroxylation is 1. The van der Waals surface area contributed by atoms with Crippen molar-refractivity contribution in [1.82, 2.24) is 19.7 Å². The molecule has 0 saturated heterocycles. The Hall–Kier alpha value is -3.21. The van der Waals surface area contributed by atoms with Crippen LogP contribution in [0.25, 0.3) is 11.3 Å². The molecule has 0 atom stereocenters. The lowest BCUT2D eigenvalue weighted by Crippen LogP contribution is -2.35. The van der Waals surface area contributed by atoms with E-state index in [1.807, 2.05) is 48.2 Å². The zero-order valence-electron chi connectivity index (χ0n) is 17.2. The lowest BCUT2D eigenvalue weighted by molar-refractivity contribution is 0.0760. The van der Waals surface area contributed by atoms with Crippen molar-refractivity contribution in [1.29, 1.82) is 0 Å². The zero-order chi connectivity index (χ0) is 20.4. The fourth-order valence-electron chi connectivity index (χ4n) is 3.79. The van der Waals surface area contributed by atoms with E-state index in [2.05, 4.69) is 48.2 Å².